The second-order valence-electron chi connectivity index (χ2n) is 4.75. The lowest BCUT2D eigenvalue weighted by atomic mass is 10.3. The number of hydrogen-bond acceptors (Lipinski definition) is 4. The number of guanidine groups is 1. The number of esters is 1. The van der Waals surface area contributed by atoms with Crippen LogP contribution in [0.25, 0.3) is 0 Å². The average molecular weight is 461 g/mol. The van der Waals surface area contributed by atoms with Crippen LogP contribution in [-0.4, -0.2) is 30.9 Å². The molecule has 0 aliphatic rings. The summed E-state index contributed by atoms with van der Waals surface area (Å²) in [6.45, 7) is 3.62. The van der Waals surface area contributed by atoms with Crippen molar-refractivity contribution in [3.8, 4) is 5.75 Å². The fourth-order valence-electron chi connectivity index (χ4n) is 1.52. The summed E-state index contributed by atoms with van der Waals surface area (Å²) in [6.07, 6.45) is -4.85. The van der Waals surface area contributed by atoms with Gasteiger partial charge in [-0.15, -0.1) is 37.1 Å². The first kappa shape index (κ1) is 22.3. The van der Waals surface area contributed by atoms with Gasteiger partial charge in [-0.25, -0.2) is 0 Å². The highest BCUT2D eigenvalue weighted by Gasteiger charge is 2.30. The summed E-state index contributed by atoms with van der Waals surface area (Å²) < 4.78 is 44.7. The summed E-state index contributed by atoms with van der Waals surface area (Å²) in [5.41, 5.74) is 6.04. The molecule has 0 unspecified atom stereocenters. The number of benzene rings is 1. The third-order valence-electron chi connectivity index (χ3n) is 2.33. The van der Waals surface area contributed by atoms with Crippen LogP contribution in [0.1, 0.15) is 20.3 Å². The summed E-state index contributed by atoms with van der Waals surface area (Å²) in [5, 5.41) is 2.69. The number of aliphatic imine (C=N–C) groups is 1. The Hall–Kier alpha value is -1.72. The van der Waals surface area contributed by atoms with Gasteiger partial charge in [0.25, 0.3) is 0 Å². The lowest BCUT2D eigenvalue weighted by molar-refractivity contribution is -0.274. The molecule has 1 rings (SSSR count). The normalized spacial score (nSPS) is 11.7. The van der Waals surface area contributed by atoms with E-state index < -0.39 is 6.36 Å². The van der Waals surface area contributed by atoms with E-state index in [4.69, 9.17) is 10.5 Å². The second-order valence-corrected chi connectivity index (χ2v) is 4.75. The van der Waals surface area contributed by atoms with Crippen molar-refractivity contribution < 1.29 is 27.4 Å². The molecular weight excluding hydrogens is 442 g/mol. The van der Waals surface area contributed by atoms with Crippen molar-refractivity contribution in [1.29, 1.82) is 0 Å². The van der Waals surface area contributed by atoms with Gasteiger partial charge in [-0.05, 0) is 38.1 Å². The number of ether oxygens (including phenoxy) is 2. The van der Waals surface area contributed by atoms with Gasteiger partial charge < -0.3 is 20.5 Å². The molecule has 10 heteroatoms. The average Bonchev–Trinajstić information content (AvgIpc) is 2.38. The minimum atomic E-state index is -4.74. The molecule has 0 spiro atoms. The van der Waals surface area contributed by atoms with Crippen LogP contribution in [-0.2, 0) is 9.53 Å². The lowest BCUT2D eigenvalue weighted by Crippen LogP contribution is -2.23. The van der Waals surface area contributed by atoms with Crippen LogP contribution in [0.15, 0.2) is 29.3 Å². The SMILES string of the molecule is CC(C)OC(=O)CCN=C(N)Nc1ccc(OC(F)(F)F)cc1.I. The van der Waals surface area contributed by atoms with Crippen molar-refractivity contribution in [2.24, 2.45) is 10.7 Å². The van der Waals surface area contributed by atoms with Crippen LogP contribution in [0.5, 0.6) is 5.75 Å². The Kier molecular flexibility index (Phi) is 9.48. The largest absolute Gasteiger partial charge is 0.573 e. The van der Waals surface area contributed by atoms with E-state index >= 15 is 0 Å². The van der Waals surface area contributed by atoms with Crippen LogP contribution in [0.2, 0.25) is 0 Å². The number of anilines is 1. The van der Waals surface area contributed by atoms with Gasteiger partial charge in [0, 0.05) is 5.69 Å². The van der Waals surface area contributed by atoms with Crippen LogP contribution in [0.4, 0.5) is 18.9 Å². The summed E-state index contributed by atoms with van der Waals surface area (Å²) in [5.74, 6) is -0.688. The molecule has 0 atom stereocenters. The molecule has 0 bridgehead atoms. The monoisotopic (exact) mass is 461 g/mol. The Bertz CT molecular complexity index is 548. The van der Waals surface area contributed by atoms with E-state index in [1.54, 1.807) is 13.8 Å². The molecule has 0 saturated heterocycles. The summed E-state index contributed by atoms with van der Waals surface area (Å²) in [7, 11) is 0. The molecule has 0 amide bonds. The zero-order valence-electron chi connectivity index (χ0n) is 13.1. The van der Waals surface area contributed by atoms with Gasteiger partial charge in [-0.3, -0.25) is 9.79 Å². The fraction of sp³-hybridized carbons (Fsp3) is 0.429. The maximum Gasteiger partial charge on any atom is 0.573 e. The first-order valence-electron chi connectivity index (χ1n) is 6.78. The molecule has 0 aliphatic carbocycles. The first-order valence-corrected chi connectivity index (χ1v) is 6.78. The van der Waals surface area contributed by atoms with Gasteiger partial charge in [-0.1, -0.05) is 0 Å². The number of carbonyl (C=O) groups is 1. The number of halogens is 4. The van der Waals surface area contributed by atoms with Crippen molar-refractivity contribution in [1.82, 2.24) is 0 Å². The zero-order valence-corrected chi connectivity index (χ0v) is 15.4. The molecule has 24 heavy (non-hydrogen) atoms. The molecule has 0 radical (unpaired) electrons. The van der Waals surface area contributed by atoms with Gasteiger partial charge >= 0.3 is 12.3 Å². The summed E-state index contributed by atoms with van der Waals surface area (Å²) >= 11 is 0. The van der Waals surface area contributed by atoms with Gasteiger partial charge in [0.2, 0.25) is 0 Å². The van der Waals surface area contributed by atoms with E-state index in [1.165, 1.54) is 12.1 Å². The number of nitrogens with zero attached hydrogens (tertiary/aromatic N) is 1. The Balaban J connectivity index is 0.00000529. The molecule has 0 fully saturated rings. The van der Waals surface area contributed by atoms with E-state index in [2.05, 4.69) is 15.0 Å². The van der Waals surface area contributed by atoms with Crippen LogP contribution in [0, 0.1) is 0 Å². The summed E-state index contributed by atoms with van der Waals surface area (Å²) in [6, 6.07) is 5.00. The van der Waals surface area contributed by atoms with Gasteiger partial charge in [0.1, 0.15) is 5.75 Å². The van der Waals surface area contributed by atoms with E-state index in [-0.39, 0.29) is 60.7 Å². The van der Waals surface area contributed by atoms with Crippen LogP contribution < -0.4 is 15.8 Å². The summed E-state index contributed by atoms with van der Waals surface area (Å²) in [4.78, 5) is 15.2. The molecule has 0 heterocycles. The highest BCUT2D eigenvalue weighted by molar-refractivity contribution is 14.0. The van der Waals surface area contributed by atoms with Crippen molar-refractivity contribution >= 4 is 41.6 Å². The molecule has 6 nitrogen and oxygen atoms in total. The van der Waals surface area contributed by atoms with Crippen molar-refractivity contribution in [3.05, 3.63) is 24.3 Å². The number of nitrogens with one attached hydrogen (secondary N) is 1. The van der Waals surface area contributed by atoms with E-state index in [0.717, 1.165) is 12.1 Å². The number of alkyl halides is 3. The van der Waals surface area contributed by atoms with Crippen LogP contribution >= 0.6 is 24.0 Å². The highest BCUT2D eigenvalue weighted by atomic mass is 127. The first-order chi connectivity index (χ1) is 10.7. The fourth-order valence-corrected chi connectivity index (χ4v) is 1.52. The standard InChI is InChI=1S/C14H18F3N3O3.HI/c1-9(2)22-12(21)7-8-19-13(18)20-10-3-5-11(6-4-10)23-14(15,16)17;/h3-6,9H,7-8H2,1-2H3,(H3,18,19,20);1H. The van der Waals surface area contributed by atoms with Crippen molar-refractivity contribution in [3.63, 3.8) is 0 Å². The second kappa shape index (κ2) is 10.2. The third-order valence-corrected chi connectivity index (χ3v) is 2.33. The van der Waals surface area contributed by atoms with Gasteiger partial charge in [0.05, 0.1) is 19.1 Å². The minimum Gasteiger partial charge on any atom is -0.463 e. The number of nitrogens with two attached hydrogens (primary N) is 1. The molecule has 1 aromatic carbocycles. The zero-order chi connectivity index (χ0) is 17.5. The Morgan fingerprint density at radius 3 is 2.38 bits per heavy atom. The number of hydrogen-bond donors (Lipinski definition) is 2. The Labute approximate surface area is 154 Å². The molecule has 0 aromatic heterocycles. The van der Waals surface area contributed by atoms with Crippen molar-refractivity contribution in [2.75, 3.05) is 11.9 Å². The van der Waals surface area contributed by atoms with E-state index in [9.17, 15) is 18.0 Å². The topological polar surface area (TPSA) is 85.9 Å². The number of rotatable bonds is 6. The predicted octanol–water partition coefficient (Wildman–Crippen LogP) is 3.27. The minimum absolute atomic E-state index is 0. The third kappa shape index (κ3) is 10.1. The van der Waals surface area contributed by atoms with Crippen molar-refractivity contribution in [2.45, 2.75) is 32.7 Å². The predicted molar refractivity (Wildman–Crippen MR) is 94.5 cm³/mol. The Morgan fingerprint density at radius 2 is 1.88 bits per heavy atom. The quantitative estimate of drug-likeness (QED) is 0.294. The van der Waals surface area contributed by atoms with Gasteiger partial charge in [-0.2, -0.15) is 0 Å². The molecule has 0 saturated carbocycles. The maximum atomic E-state index is 12.0. The van der Waals surface area contributed by atoms with E-state index in [1.807, 2.05) is 0 Å². The number of carbonyl (C=O) groups excluding carboxylic acids is 1. The van der Waals surface area contributed by atoms with E-state index in [0.29, 0.717) is 5.69 Å². The highest BCUT2D eigenvalue weighted by Crippen LogP contribution is 2.23. The molecule has 136 valence electrons. The molecular formula is C14H19F3IN3O3. The molecule has 3 N–H and O–H groups in total. The Morgan fingerprint density at radius 1 is 1.29 bits per heavy atom. The smallest absolute Gasteiger partial charge is 0.463 e. The molecule has 1 aromatic rings. The van der Waals surface area contributed by atoms with Gasteiger partial charge in [0.15, 0.2) is 5.96 Å². The maximum absolute atomic E-state index is 12.0. The van der Waals surface area contributed by atoms with Crippen LogP contribution in [0.3, 0.4) is 0 Å². The molecule has 0 aliphatic heterocycles. The lowest BCUT2D eigenvalue weighted by Gasteiger charge is -2.10.